The van der Waals surface area contributed by atoms with Gasteiger partial charge in [0.15, 0.2) is 0 Å². The van der Waals surface area contributed by atoms with Crippen LogP contribution in [0.1, 0.15) is 30.6 Å². The molecule has 2 aromatic rings. The molecule has 1 amide bonds. The smallest absolute Gasteiger partial charge is 0.261 e. The topological polar surface area (TPSA) is 56.4 Å². The van der Waals surface area contributed by atoms with Crippen molar-refractivity contribution in [2.75, 3.05) is 32.7 Å². The van der Waals surface area contributed by atoms with Crippen LogP contribution < -0.4 is 5.56 Å². The van der Waals surface area contributed by atoms with Gasteiger partial charge in [0.25, 0.3) is 11.5 Å². The van der Waals surface area contributed by atoms with Crippen molar-refractivity contribution < 1.29 is 4.79 Å². The van der Waals surface area contributed by atoms with Crippen LogP contribution in [-0.2, 0) is 0 Å². The summed E-state index contributed by atoms with van der Waals surface area (Å²) in [5.74, 6) is 0.530. The molecular weight excluding hydrogens is 334 g/mol. The summed E-state index contributed by atoms with van der Waals surface area (Å²) in [4.78, 5) is 33.1. The third-order valence-electron chi connectivity index (χ3n) is 4.61. The molecule has 6 heteroatoms. The maximum atomic E-state index is 12.7. The first-order valence-electron chi connectivity index (χ1n) is 8.83. The predicted octanol–water partition coefficient (Wildman–Crippen LogP) is 2.91. The average molecular weight is 359 g/mol. The Hall–Kier alpha value is -1.92. The molecular formula is C19H25N3O2S. The number of pyridine rings is 1. The number of nitrogens with one attached hydrogen (secondary N) is 1. The lowest BCUT2D eigenvalue weighted by atomic mass is 10.1. The molecule has 5 nitrogen and oxygen atoms in total. The van der Waals surface area contributed by atoms with Gasteiger partial charge in [-0.05, 0) is 42.5 Å². The van der Waals surface area contributed by atoms with E-state index >= 15 is 0 Å². The summed E-state index contributed by atoms with van der Waals surface area (Å²) in [5.41, 5.74) is 0.684. The van der Waals surface area contributed by atoms with E-state index in [0.29, 0.717) is 19.0 Å². The molecule has 1 N–H and O–H groups in total. The van der Waals surface area contributed by atoms with E-state index in [1.165, 1.54) is 6.42 Å². The second kappa shape index (κ2) is 7.97. The van der Waals surface area contributed by atoms with Crippen molar-refractivity contribution in [1.82, 2.24) is 14.8 Å². The summed E-state index contributed by atoms with van der Waals surface area (Å²) in [6.45, 7) is 8.66. The summed E-state index contributed by atoms with van der Waals surface area (Å²) in [7, 11) is 0. The number of hydrogen-bond donors (Lipinski definition) is 1. The zero-order valence-corrected chi connectivity index (χ0v) is 15.6. The summed E-state index contributed by atoms with van der Waals surface area (Å²) in [6, 6.07) is 7.37. The SMILES string of the molecule is CC(C)CCN1CCN(C(=O)c2ccc(-c3cccs3)[nH]c2=O)CC1. The van der Waals surface area contributed by atoms with E-state index in [2.05, 4.69) is 23.7 Å². The average Bonchev–Trinajstić information content (AvgIpc) is 3.14. The highest BCUT2D eigenvalue weighted by Crippen LogP contribution is 2.21. The number of rotatable bonds is 5. The van der Waals surface area contributed by atoms with Gasteiger partial charge in [-0.1, -0.05) is 19.9 Å². The van der Waals surface area contributed by atoms with Gasteiger partial charge >= 0.3 is 0 Å². The van der Waals surface area contributed by atoms with Gasteiger partial charge in [-0.3, -0.25) is 14.5 Å². The number of nitrogens with zero attached hydrogens (tertiary/aromatic N) is 2. The highest BCUT2D eigenvalue weighted by molar-refractivity contribution is 7.13. The predicted molar refractivity (Wildman–Crippen MR) is 102 cm³/mol. The van der Waals surface area contributed by atoms with Crippen LogP contribution in [0, 0.1) is 5.92 Å². The lowest BCUT2D eigenvalue weighted by Gasteiger charge is -2.35. The molecule has 1 aliphatic rings. The van der Waals surface area contributed by atoms with Gasteiger partial charge in [0.2, 0.25) is 0 Å². The Morgan fingerprint density at radius 3 is 2.56 bits per heavy atom. The van der Waals surface area contributed by atoms with Gasteiger partial charge < -0.3 is 9.88 Å². The first-order chi connectivity index (χ1) is 12.0. The van der Waals surface area contributed by atoms with Crippen molar-refractivity contribution in [3.05, 3.63) is 45.6 Å². The van der Waals surface area contributed by atoms with E-state index in [0.717, 1.165) is 30.2 Å². The second-order valence-corrected chi connectivity index (χ2v) is 7.86. The van der Waals surface area contributed by atoms with Crippen LogP contribution in [0.4, 0.5) is 0 Å². The molecule has 0 radical (unpaired) electrons. The molecule has 2 aromatic heterocycles. The number of aromatic amines is 1. The van der Waals surface area contributed by atoms with Gasteiger partial charge in [-0.2, -0.15) is 0 Å². The van der Waals surface area contributed by atoms with Crippen LogP contribution in [0.5, 0.6) is 0 Å². The molecule has 3 rings (SSSR count). The number of thiophene rings is 1. The number of carbonyl (C=O) groups is 1. The Morgan fingerprint density at radius 2 is 1.96 bits per heavy atom. The molecule has 0 atom stereocenters. The van der Waals surface area contributed by atoms with Crippen LogP contribution in [0.15, 0.2) is 34.4 Å². The number of carbonyl (C=O) groups excluding carboxylic acids is 1. The first kappa shape index (κ1) is 17.9. The van der Waals surface area contributed by atoms with Crippen molar-refractivity contribution >= 4 is 17.2 Å². The Bertz CT molecular complexity index is 759. The Balaban J connectivity index is 1.63. The van der Waals surface area contributed by atoms with Crippen LogP contribution in [0.2, 0.25) is 0 Å². The van der Waals surface area contributed by atoms with Gasteiger partial charge in [0.1, 0.15) is 5.56 Å². The highest BCUT2D eigenvalue weighted by atomic mass is 32.1. The van der Waals surface area contributed by atoms with E-state index in [1.807, 2.05) is 23.6 Å². The maximum Gasteiger partial charge on any atom is 0.261 e. The molecule has 1 fully saturated rings. The minimum Gasteiger partial charge on any atom is -0.336 e. The van der Waals surface area contributed by atoms with Crippen molar-refractivity contribution in [3.63, 3.8) is 0 Å². The normalized spacial score (nSPS) is 15.7. The molecule has 0 aliphatic carbocycles. The van der Waals surface area contributed by atoms with Gasteiger partial charge in [0, 0.05) is 26.2 Å². The molecule has 0 aromatic carbocycles. The first-order valence-corrected chi connectivity index (χ1v) is 9.71. The van der Waals surface area contributed by atoms with E-state index in [1.54, 1.807) is 22.3 Å². The summed E-state index contributed by atoms with van der Waals surface area (Å²) < 4.78 is 0. The molecule has 134 valence electrons. The largest absolute Gasteiger partial charge is 0.336 e. The number of aromatic nitrogens is 1. The van der Waals surface area contributed by atoms with E-state index < -0.39 is 0 Å². The van der Waals surface area contributed by atoms with E-state index in [-0.39, 0.29) is 17.0 Å². The third-order valence-corrected chi connectivity index (χ3v) is 5.51. The lowest BCUT2D eigenvalue weighted by Crippen LogP contribution is -2.49. The molecule has 0 bridgehead atoms. The lowest BCUT2D eigenvalue weighted by molar-refractivity contribution is 0.0630. The summed E-state index contributed by atoms with van der Waals surface area (Å²) in [5, 5.41) is 1.96. The van der Waals surface area contributed by atoms with Crippen LogP contribution in [-0.4, -0.2) is 53.4 Å². The van der Waals surface area contributed by atoms with Crippen LogP contribution >= 0.6 is 11.3 Å². The zero-order chi connectivity index (χ0) is 17.8. The summed E-state index contributed by atoms with van der Waals surface area (Å²) in [6.07, 6.45) is 1.18. The standard InChI is InChI=1S/C19H25N3O2S/c1-14(2)7-8-21-9-11-22(12-10-21)19(24)15-5-6-16(20-18(15)23)17-4-3-13-25-17/h3-6,13-14H,7-12H2,1-2H3,(H,20,23). The molecule has 25 heavy (non-hydrogen) atoms. The molecule has 0 unspecified atom stereocenters. The van der Waals surface area contributed by atoms with Gasteiger partial charge in [-0.25, -0.2) is 0 Å². The van der Waals surface area contributed by atoms with Crippen molar-refractivity contribution in [3.8, 4) is 10.6 Å². The monoisotopic (exact) mass is 359 g/mol. The second-order valence-electron chi connectivity index (χ2n) is 6.91. The van der Waals surface area contributed by atoms with Crippen molar-refractivity contribution in [2.24, 2.45) is 5.92 Å². The van der Waals surface area contributed by atoms with Crippen LogP contribution in [0.25, 0.3) is 10.6 Å². The van der Waals surface area contributed by atoms with E-state index in [9.17, 15) is 9.59 Å². The maximum absolute atomic E-state index is 12.7. The molecule has 0 spiro atoms. The Labute approximate surface area is 152 Å². The zero-order valence-electron chi connectivity index (χ0n) is 14.8. The van der Waals surface area contributed by atoms with Crippen molar-refractivity contribution in [1.29, 1.82) is 0 Å². The molecule has 1 saturated heterocycles. The fourth-order valence-electron chi connectivity index (χ4n) is 3.00. The highest BCUT2D eigenvalue weighted by Gasteiger charge is 2.24. The number of amides is 1. The molecule has 1 aliphatic heterocycles. The van der Waals surface area contributed by atoms with E-state index in [4.69, 9.17) is 0 Å². The summed E-state index contributed by atoms with van der Waals surface area (Å²) >= 11 is 1.56. The minimum atomic E-state index is -0.307. The minimum absolute atomic E-state index is 0.164. The Morgan fingerprint density at radius 1 is 1.20 bits per heavy atom. The number of H-pyrrole nitrogens is 1. The fourth-order valence-corrected chi connectivity index (χ4v) is 3.71. The van der Waals surface area contributed by atoms with Gasteiger partial charge in [-0.15, -0.1) is 11.3 Å². The molecule has 0 saturated carbocycles. The Kier molecular flexibility index (Phi) is 5.71. The fraction of sp³-hybridized carbons (Fsp3) is 0.474. The van der Waals surface area contributed by atoms with Crippen molar-refractivity contribution in [2.45, 2.75) is 20.3 Å². The quantitative estimate of drug-likeness (QED) is 0.893. The van der Waals surface area contributed by atoms with Crippen LogP contribution in [0.3, 0.4) is 0 Å². The van der Waals surface area contributed by atoms with Gasteiger partial charge in [0.05, 0.1) is 10.6 Å². The molecule has 3 heterocycles. The number of piperazine rings is 1. The third kappa shape index (κ3) is 4.38. The number of hydrogen-bond acceptors (Lipinski definition) is 4.